The number of halogens is 1. The molecule has 1 fully saturated rings. The van der Waals surface area contributed by atoms with Crippen molar-refractivity contribution in [3.05, 3.63) is 17.7 Å². The minimum atomic E-state index is -0.0843. The van der Waals surface area contributed by atoms with Crippen LogP contribution in [-0.2, 0) is 0 Å². The fraction of sp³-hybridized carbons (Fsp3) is 0.647. The summed E-state index contributed by atoms with van der Waals surface area (Å²) in [4.78, 5) is 0. The van der Waals surface area contributed by atoms with Gasteiger partial charge in [-0.1, -0.05) is 25.7 Å². The predicted octanol–water partition coefficient (Wildman–Crippen LogP) is 4.96. The van der Waals surface area contributed by atoms with Gasteiger partial charge in [-0.25, -0.2) is 0 Å². The summed E-state index contributed by atoms with van der Waals surface area (Å²) in [6.45, 7) is 0. The molecule has 0 spiro atoms. The summed E-state index contributed by atoms with van der Waals surface area (Å²) in [6.07, 6.45) is 7.50. The summed E-state index contributed by atoms with van der Waals surface area (Å²) in [6, 6.07) is 3.76. The second kappa shape index (κ2) is 7.79. The van der Waals surface area contributed by atoms with Crippen LogP contribution in [0.25, 0.3) is 0 Å². The fourth-order valence-corrected chi connectivity index (χ4v) is 3.61. The Morgan fingerprint density at radius 2 is 1.43 bits per heavy atom. The summed E-state index contributed by atoms with van der Waals surface area (Å²) in [5.74, 6) is 2.69. The van der Waals surface area contributed by atoms with Crippen molar-refractivity contribution >= 4 is 11.6 Å². The van der Waals surface area contributed by atoms with Crippen LogP contribution in [0.1, 0.15) is 49.5 Å². The van der Waals surface area contributed by atoms with E-state index in [0.29, 0.717) is 5.92 Å². The molecule has 0 heterocycles. The van der Waals surface area contributed by atoms with Gasteiger partial charge in [0.25, 0.3) is 0 Å². The monoisotopic (exact) mass is 312 g/mol. The van der Waals surface area contributed by atoms with Crippen molar-refractivity contribution in [1.29, 1.82) is 0 Å². The van der Waals surface area contributed by atoms with Gasteiger partial charge in [-0.2, -0.15) is 0 Å². The van der Waals surface area contributed by atoms with Gasteiger partial charge in [0.15, 0.2) is 0 Å². The van der Waals surface area contributed by atoms with Gasteiger partial charge in [-0.3, -0.25) is 0 Å². The molecule has 0 aliphatic heterocycles. The molecule has 0 amide bonds. The molecule has 1 unspecified atom stereocenters. The summed E-state index contributed by atoms with van der Waals surface area (Å²) in [5.41, 5.74) is 0.953. The van der Waals surface area contributed by atoms with Gasteiger partial charge < -0.3 is 14.2 Å². The van der Waals surface area contributed by atoms with E-state index in [0.717, 1.165) is 22.8 Å². The molecule has 1 aromatic carbocycles. The Balaban J connectivity index is 2.35. The van der Waals surface area contributed by atoms with Crippen LogP contribution in [-0.4, -0.2) is 21.3 Å². The highest BCUT2D eigenvalue weighted by atomic mass is 35.5. The standard InChI is InChI=1S/C17H25ClO3/c1-19-13-10-14(20-2)16(15(11-13)21-3)17(18)12-8-6-4-5-7-9-12/h10-12,17H,4-9H2,1-3H3. The average molecular weight is 313 g/mol. The molecule has 1 atom stereocenters. The minimum absolute atomic E-state index is 0.0843. The highest BCUT2D eigenvalue weighted by Gasteiger charge is 2.28. The lowest BCUT2D eigenvalue weighted by atomic mass is 9.91. The van der Waals surface area contributed by atoms with Crippen molar-refractivity contribution in [2.75, 3.05) is 21.3 Å². The number of ether oxygens (including phenoxy) is 3. The first-order valence-corrected chi connectivity index (χ1v) is 8.08. The smallest absolute Gasteiger partial charge is 0.130 e. The number of methoxy groups -OCH3 is 3. The molecule has 1 aliphatic rings. The highest BCUT2D eigenvalue weighted by molar-refractivity contribution is 6.21. The summed E-state index contributed by atoms with van der Waals surface area (Å²) in [7, 11) is 4.96. The average Bonchev–Trinajstić information content (AvgIpc) is 2.81. The molecule has 0 saturated heterocycles. The van der Waals surface area contributed by atoms with Crippen LogP contribution in [0.3, 0.4) is 0 Å². The molecule has 1 aliphatic carbocycles. The number of rotatable bonds is 5. The van der Waals surface area contributed by atoms with E-state index in [1.165, 1.54) is 38.5 Å². The van der Waals surface area contributed by atoms with E-state index in [9.17, 15) is 0 Å². The molecule has 4 heteroatoms. The third-order valence-corrected chi connectivity index (χ3v) is 4.92. The van der Waals surface area contributed by atoms with Gasteiger partial charge in [0.05, 0.1) is 32.3 Å². The van der Waals surface area contributed by atoms with Crippen molar-refractivity contribution < 1.29 is 14.2 Å². The molecule has 0 radical (unpaired) electrons. The Hall–Kier alpha value is -1.09. The second-order valence-electron chi connectivity index (χ2n) is 5.60. The molecule has 2 rings (SSSR count). The maximum absolute atomic E-state index is 6.82. The maximum atomic E-state index is 6.82. The summed E-state index contributed by atoms with van der Waals surface area (Å²) < 4.78 is 16.4. The third kappa shape index (κ3) is 3.76. The van der Waals surface area contributed by atoms with Crippen molar-refractivity contribution in [2.45, 2.75) is 43.9 Å². The van der Waals surface area contributed by atoms with Gasteiger partial charge in [0.2, 0.25) is 0 Å². The Morgan fingerprint density at radius 1 is 0.905 bits per heavy atom. The first kappa shape index (κ1) is 16.3. The normalized spacial score (nSPS) is 17.9. The SMILES string of the molecule is COc1cc(OC)c(C(Cl)C2CCCCCC2)c(OC)c1. The van der Waals surface area contributed by atoms with E-state index >= 15 is 0 Å². The summed E-state index contributed by atoms with van der Waals surface area (Å²) in [5, 5.41) is -0.0843. The first-order valence-electron chi connectivity index (χ1n) is 7.65. The highest BCUT2D eigenvalue weighted by Crippen LogP contribution is 2.47. The quantitative estimate of drug-likeness (QED) is 0.568. The van der Waals surface area contributed by atoms with Gasteiger partial charge in [-0.15, -0.1) is 11.6 Å². The molecule has 21 heavy (non-hydrogen) atoms. The van der Waals surface area contributed by atoms with Crippen LogP contribution in [0.4, 0.5) is 0 Å². The van der Waals surface area contributed by atoms with Gasteiger partial charge in [0.1, 0.15) is 17.2 Å². The molecular weight excluding hydrogens is 288 g/mol. The molecule has 3 nitrogen and oxygen atoms in total. The summed E-state index contributed by atoms with van der Waals surface area (Å²) >= 11 is 6.82. The van der Waals surface area contributed by atoms with Crippen LogP contribution in [0.5, 0.6) is 17.2 Å². The zero-order valence-corrected chi connectivity index (χ0v) is 13.9. The van der Waals surface area contributed by atoms with Crippen LogP contribution in [0.2, 0.25) is 0 Å². The van der Waals surface area contributed by atoms with Crippen LogP contribution in [0, 0.1) is 5.92 Å². The lowest BCUT2D eigenvalue weighted by Gasteiger charge is -2.25. The molecule has 0 bridgehead atoms. The number of hydrogen-bond donors (Lipinski definition) is 0. The van der Waals surface area contributed by atoms with Crippen LogP contribution < -0.4 is 14.2 Å². The number of benzene rings is 1. The Kier molecular flexibility index (Phi) is 6.04. The zero-order valence-electron chi connectivity index (χ0n) is 13.2. The van der Waals surface area contributed by atoms with Crippen molar-refractivity contribution in [1.82, 2.24) is 0 Å². The van der Waals surface area contributed by atoms with E-state index < -0.39 is 0 Å². The molecule has 0 aromatic heterocycles. The van der Waals surface area contributed by atoms with E-state index in [2.05, 4.69) is 0 Å². The first-order chi connectivity index (χ1) is 10.2. The van der Waals surface area contributed by atoms with Crippen LogP contribution >= 0.6 is 11.6 Å². The Bertz CT molecular complexity index is 428. The predicted molar refractivity (Wildman–Crippen MR) is 85.9 cm³/mol. The second-order valence-corrected chi connectivity index (χ2v) is 6.07. The molecule has 118 valence electrons. The maximum Gasteiger partial charge on any atom is 0.130 e. The molecule has 1 saturated carbocycles. The van der Waals surface area contributed by atoms with E-state index in [1.54, 1.807) is 21.3 Å². The van der Waals surface area contributed by atoms with E-state index in [-0.39, 0.29) is 5.38 Å². The number of alkyl halides is 1. The minimum Gasteiger partial charge on any atom is -0.496 e. The molecule has 1 aromatic rings. The fourth-order valence-electron chi connectivity index (χ4n) is 3.14. The third-order valence-electron chi connectivity index (χ3n) is 4.34. The van der Waals surface area contributed by atoms with Crippen molar-refractivity contribution in [3.63, 3.8) is 0 Å². The Morgan fingerprint density at radius 3 is 1.86 bits per heavy atom. The van der Waals surface area contributed by atoms with Gasteiger partial charge in [-0.05, 0) is 18.8 Å². The van der Waals surface area contributed by atoms with E-state index in [1.807, 2.05) is 12.1 Å². The topological polar surface area (TPSA) is 27.7 Å². The van der Waals surface area contributed by atoms with Crippen molar-refractivity contribution in [2.24, 2.45) is 5.92 Å². The zero-order chi connectivity index (χ0) is 15.2. The lowest BCUT2D eigenvalue weighted by molar-refractivity contribution is 0.355. The van der Waals surface area contributed by atoms with Crippen molar-refractivity contribution in [3.8, 4) is 17.2 Å². The molecule has 0 N–H and O–H groups in total. The largest absolute Gasteiger partial charge is 0.496 e. The van der Waals surface area contributed by atoms with Gasteiger partial charge in [0, 0.05) is 12.1 Å². The van der Waals surface area contributed by atoms with Crippen LogP contribution in [0.15, 0.2) is 12.1 Å². The Labute approximate surface area is 132 Å². The molecular formula is C17H25ClO3. The van der Waals surface area contributed by atoms with E-state index in [4.69, 9.17) is 25.8 Å². The number of hydrogen-bond acceptors (Lipinski definition) is 3. The van der Waals surface area contributed by atoms with Gasteiger partial charge >= 0.3 is 0 Å². The lowest BCUT2D eigenvalue weighted by Crippen LogP contribution is -2.10.